The first-order valence-electron chi connectivity index (χ1n) is 4.65. The molecule has 0 saturated heterocycles. The van der Waals surface area contributed by atoms with Crippen LogP contribution in [0, 0.1) is 0 Å². The second-order valence-corrected chi connectivity index (χ2v) is 3.07. The predicted octanol–water partition coefficient (Wildman–Crippen LogP) is 2.21. The van der Waals surface area contributed by atoms with E-state index in [0.29, 0.717) is 6.42 Å². The van der Waals surface area contributed by atoms with Gasteiger partial charge < -0.3 is 9.47 Å². The monoisotopic (exact) mass is 202 g/mol. The van der Waals surface area contributed by atoms with Gasteiger partial charge in [0, 0.05) is 6.08 Å². The Bertz CT molecular complexity index is 428. The standard InChI is InChI=1S/C12H10O3/c13-7-3-1-2-4-10-5-6-11-12(8-10)15-9-14-11/h2-6,8H,1,9H2/b4-2+. The molecule has 3 heteroatoms. The van der Waals surface area contributed by atoms with Gasteiger partial charge >= 0.3 is 0 Å². The first-order chi connectivity index (χ1) is 7.40. The molecule has 0 unspecified atom stereocenters. The smallest absolute Gasteiger partial charge is 0.231 e. The number of ether oxygens (including phenoxy) is 2. The van der Waals surface area contributed by atoms with Crippen LogP contribution >= 0.6 is 0 Å². The lowest BCUT2D eigenvalue weighted by Crippen LogP contribution is -1.92. The van der Waals surface area contributed by atoms with Crippen molar-refractivity contribution in [3.05, 3.63) is 35.9 Å². The SMILES string of the molecule is O=C=CC/C=C/c1ccc2c(c1)OCO2. The van der Waals surface area contributed by atoms with Gasteiger partial charge in [0.05, 0.1) is 0 Å². The highest BCUT2D eigenvalue weighted by Gasteiger charge is 2.11. The van der Waals surface area contributed by atoms with Gasteiger partial charge in [0.25, 0.3) is 0 Å². The second-order valence-electron chi connectivity index (χ2n) is 3.07. The van der Waals surface area contributed by atoms with E-state index < -0.39 is 0 Å². The van der Waals surface area contributed by atoms with Gasteiger partial charge in [0.2, 0.25) is 6.79 Å². The van der Waals surface area contributed by atoms with Crippen LogP contribution in [0.2, 0.25) is 0 Å². The molecule has 0 amide bonds. The van der Waals surface area contributed by atoms with Crippen LogP contribution in [0.5, 0.6) is 11.5 Å². The summed E-state index contributed by atoms with van der Waals surface area (Å²) < 4.78 is 10.4. The number of allylic oxidation sites excluding steroid dienone is 2. The quantitative estimate of drug-likeness (QED) is 0.705. The van der Waals surface area contributed by atoms with Gasteiger partial charge in [0.15, 0.2) is 11.5 Å². The van der Waals surface area contributed by atoms with Gasteiger partial charge in [-0.05, 0) is 24.1 Å². The van der Waals surface area contributed by atoms with Crippen molar-refractivity contribution < 1.29 is 14.3 Å². The van der Waals surface area contributed by atoms with Gasteiger partial charge in [-0.3, -0.25) is 0 Å². The van der Waals surface area contributed by atoms with Crippen LogP contribution in [0.3, 0.4) is 0 Å². The molecule has 0 aliphatic carbocycles. The average molecular weight is 202 g/mol. The second kappa shape index (κ2) is 4.49. The van der Waals surface area contributed by atoms with E-state index in [0.717, 1.165) is 17.1 Å². The van der Waals surface area contributed by atoms with Crippen molar-refractivity contribution in [3.63, 3.8) is 0 Å². The number of rotatable bonds is 3. The predicted molar refractivity (Wildman–Crippen MR) is 56.5 cm³/mol. The molecular weight excluding hydrogens is 192 g/mol. The summed E-state index contributed by atoms with van der Waals surface area (Å²) in [4.78, 5) is 9.92. The molecule has 3 nitrogen and oxygen atoms in total. The minimum absolute atomic E-state index is 0.288. The topological polar surface area (TPSA) is 35.5 Å². The first kappa shape index (κ1) is 9.56. The summed E-state index contributed by atoms with van der Waals surface area (Å²) in [6, 6.07) is 5.72. The van der Waals surface area contributed by atoms with Gasteiger partial charge in [-0.15, -0.1) is 0 Å². The first-order valence-corrected chi connectivity index (χ1v) is 4.65. The van der Waals surface area contributed by atoms with E-state index in [4.69, 9.17) is 9.47 Å². The summed E-state index contributed by atoms with van der Waals surface area (Å²) >= 11 is 0. The molecule has 1 aliphatic rings. The molecule has 2 rings (SSSR count). The van der Waals surface area contributed by atoms with Crippen molar-refractivity contribution in [1.82, 2.24) is 0 Å². The van der Waals surface area contributed by atoms with Gasteiger partial charge in [-0.25, -0.2) is 4.79 Å². The molecule has 0 radical (unpaired) electrons. The van der Waals surface area contributed by atoms with E-state index >= 15 is 0 Å². The fourth-order valence-corrected chi connectivity index (χ4v) is 1.34. The molecule has 0 fully saturated rings. The molecule has 0 bridgehead atoms. The molecule has 1 aromatic carbocycles. The lowest BCUT2D eigenvalue weighted by molar-refractivity contribution is 0.174. The molecule has 0 spiro atoms. The third-order valence-electron chi connectivity index (χ3n) is 2.04. The summed E-state index contributed by atoms with van der Waals surface area (Å²) in [5.74, 6) is 3.27. The zero-order chi connectivity index (χ0) is 10.5. The van der Waals surface area contributed by atoms with E-state index in [1.165, 1.54) is 6.08 Å². The van der Waals surface area contributed by atoms with Crippen LogP contribution in [0.25, 0.3) is 6.08 Å². The molecule has 1 aliphatic heterocycles. The van der Waals surface area contributed by atoms with Crippen molar-refractivity contribution >= 4 is 12.0 Å². The average Bonchev–Trinajstić information content (AvgIpc) is 2.71. The van der Waals surface area contributed by atoms with Crippen molar-refractivity contribution in [2.75, 3.05) is 6.79 Å². The summed E-state index contributed by atoms with van der Waals surface area (Å²) in [6.45, 7) is 0.288. The van der Waals surface area contributed by atoms with Gasteiger partial charge in [-0.1, -0.05) is 18.2 Å². The minimum atomic E-state index is 0.288. The Labute approximate surface area is 87.6 Å². The maximum Gasteiger partial charge on any atom is 0.231 e. The van der Waals surface area contributed by atoms with E-state index in [1.54, 1.807) is 5.94 Å². The minimum Gasteiger partial charge on any atom is -0.454 e. The highest BCUT2D eigenvalue weighted by atomic mass is 16.7. The van der Waals surface area contributed by atoms with Crippen LogP contribution in [0.4, 0.5) is 0 Å². The zero-order valence-corrected chi connectivity index (χ0v) is 8.10. The van der Waals surface area contributed by atoms with Gasteiger partial charge in [-0.2, -0.15) is 0 Å². The number of benzene rings is 1. The Balaban J connectivity index is 2.09. The molecule has 0 saturated carbocycles. The Hall–Kier alpha value is -1.99. The molecular formula is C12H10O3. The number of hydrogen-bond donors (Lipinski definition) is 0. The van der Waals surface area contributed by atoms with E-state index in [1.807, 2.05) is 30.4 Å². The van der Waals surface area contributed by atoms with Gasteiger partial charge in [0.1, 0.15) is 5.94 Å². The number of fused-ring (bicyclic) bond motifs is 1. The van der Waals surface area contributed by atoms with Crippen molar-refractivity contribution in [3.8, 4) is 11.5 Å². The summed E-state index contributed by atoms with van der Waals surface area (Å²) in [5, 5.41) is 0. The molecule has 76 valence electrons. The Morgan fingerprint density at radius 3 is 3.07 bits per heavy atom. The lowest BCUT2D eigenvalue weighted by atomic mass is 10.2. The normalized spacial score (nSPS) is 12.8. The van der Waals surface area contributed by atoms with Crippen molar-refractivity contribution in [2.45, 2.75) is 6.42 Å². The summed E-state index contributed by atoms with van der Waals surface area (Å²) in [5.41, 5.74) is 1.03. The Kier molecular flexibility index (Phi) is 2.86. The number of carbonyl (C=O) groups excluding carboxylic acids is 1. The van der Waals surface area contributed by atoms with Crippen molar-refractivity contribution in [1.29, 1.82) is 0 Å². The highest BCUT2D eigenvalue weighted by Crippen LogP contribution is 2.32. The molecule has 1 heterocycles. The largest absolute Gasteiger partial charge is 0.454 e. The third-order valence-corrected chi connectivity index (χ3v) is 2.04. The third kappa shape index (κ3) is 2.27. The highest BCUT2D eigenvalue weighted by molar-refractivity contribution is 5.57. The molecule has 0 N–H and O–H groups in total. The molecule has 1 aromatic rings. The van der Waals surface area contributed by atoms with E-state index in [2.05, 4.69) is 0 Å². The summed E-state index contributed by atoms with van der Waals surface area (Å²) in [7, 11) is 0. The Morgan fingerprint density at radius 1 is 1.33 bits per heavy atom. The van der Waals surface area contributed by atoms with Crippen LogP contribution < -0.4 is 9.47 Å². The summed E-state index contributed by atoms with van der Waals surface area (Å²) in [6.07, 6.45) is 5.85. The zero-order valence-electron chi connectivity index (χ0n) is 8.10. The number of hydrogen-bond acceptors (Lipinski definition) is 3. The van der Waals surface area contributed by atoms with E-state index in [-0.39, 0.29) is 6.79 Å². The van der Waals surface area contributed by atoms with Crippen molar-refractivity contribution in [2.24, 2.45) is 0 Å². The Morgan fingerprint density at radius 2 is 2.20 bits per heavy atom. The molecule has 15 heavy (non-hydrogen) atoms. The van der Waals surface area contributed by atoms with Crippen LogP contribution in [0.1, 0.15) is 12.0 Å². The fourth-order valence-electron chi connectivity index (χ4n) is 1.34. The van der Waals surface area contributed by atoms with E-state index in [9.17, 15) is 4.79 Å². The van der Waals surface area contributed by atoms with Crippen LogP contribution in [-0.2, 0) is 4.79 Å². The lowest BCUT2D eigenvalue weighted by Gasteiger charge is -1.96. The maximum atomic E-state index is 9.92. The maximum absolute atomic E-state index is 9.92. The molecule has 0 atom stereocenters. The van der Waals surface area contributed by atoms with Crippen LogP contribution in [0.15, 0.2) is 30.4 Å². The fraction of sp³-hybridized carbons (Fsp3) is 0.167. The van der Waals surface area contributed by atoms with Crippen LogP contribution in [-0.4, -0.2) is 12.7 Å². The molecule has 0 aromatic heterocycles.